The Morgan fingerprint density at radius 2 is 1.31 bits per heavy atom. The molecule has 2 atom stereocenters. The van der Waals surface area contributed by atoms with Crippen molar-refractivity contribution < 1.29 is 9.22 Å². The zero-order valence-corrected chi connectivity index (χ0v) is 17.5. The summed E-state index contributed by atoms with van der Waals surface area (Å²) in [6, 6.07) is 32.3. The maximum Gasteiger partial charge on any atom is 0.257 e. The molecule has 3 heteroatoms. The summed E-state index contributed by atoms with van der Waals surface area (Å²) in [6.45, 7) is 2.14. The average molecular weight is 397 g/mol. The number of benzene rings is 3. The van der Waals surface area contributed by atoms with Gasteiger partial charge in [0.15, 0.2) is 5.78 Å². The summed E-state index contributed by atoms with van der Waals surface area (Å²) in [4.78, 5) is 13.1. The summed E-state index contributed by atoms with van der Waals surface area (Å²) in [5.41, 5.74) is 3.13. The fourth-order valence-electron chi connectivity index (χ4n) is 5.16. The second-order valence-electron chi connectivity index (χ2n) is 8.04. The molecule has 0 bridgehead atoms. The molecule has 2 unspecified atom stereocenters. The van der Waals surface area contributed by atoms with Crippen molar-refractivity contribution in [1.82, 2.24) is 0 Å². The van der Waals surface area contributed by atoms with E-state index in [9.17, 15) is 4.79 Å². The smallest absolute Gasteiger partial charge is 0.257 e. The number of ketones is 1. The van der Waals surface area contributed by atoms with Crippen LogP contribution in [0.4, 0.5) is 0 Å². The molecular weight excluding hydrogens is 372 g/mol. The Kier molecular flexibility index (Phi) is 4.57. The highest BCUT2D eigenvalue weighted by Crippen LogP contribution is 2.46. The summed E-state index contributed by atoms with van der Waals surface area (Å²) in [7, 11) is -2.43. The first-order valence-electron chi connectivity index (χ1n) is 10.3. The standard InChI is InChI=1S/C26H24O2Si/c1-19-25-21(17-24(27)26(25)20-11-5-2-6-12-20)18-29(28-19,22-13-7-3-8-14-22)23-15-9-4-10-16-23/h2-16,19,21H,17-18H2,1H3. The molecule has 29 heavy (non-hydrogen) atoms. The van der Waals surface area contributed by atoms with Gasteiger partial charge in [-0.2, -0.15) is 0 Å². The molecule has 5 rings (SSSR count). The van der Waals surface area contributed by atoms with Gasteiger partial charge in [0.25, 0.3) is 8.32 Å². The molecule has 1 saturated heterocycles. The Balaban J connectivity index is 1.65. The Hall–Kier alpha value is -2.75. The van der Waals surface area contributed by atoms with Crippen LogP contribution in [0.25, 0.3) is 5.57 Å². The van der Waals surface area contributed by atoms with E-state index in [1.807, 2.05) is 30.3 Å². The lowest BCUT2D eigenvalue weighted by molar-refractivity contribution is -0.113. The molecule has 3 aromatic rings. The summed E-state index contributed by atoms with van der Waals surface area (Å²) < 4.78 is 6.99. The third kappa shape index (κ3) is 3.02. The zero-order valence-electron chi connectivity index (χ0n) is 16.5. The molecule has 0 radical (unpaired) electrons. The van der Waals surface area contributed by atoms with E-state index in [4.69, 9.17) is 4.43 Å². The molecule has 2 aliphatic rings. The van der Waals surface area contributed by atoms with E-state index in [1.54, 1.807) is 0 Å². The maximum atomic E-state index is 13.1. The molecule has 1 heterocycles. The molecule has 1 fully saturated rings. The predicted octanol–water partition coefficient (Wildman–Crippen LogP) is 4.21. The lowest BCUT2D eigenvalue weighted by Gasteiger charge is -2.43. The van der Waals surface area contributed by atoms with Crippen molar-refractivity contribution in [3.8, 4) is 0 Å². The van der Waals surface area contributed by atoms with Gasteiger partial charge in [-0.3, -0.25) is 4.79 Å². The van der Waals surface area contributed by atoms with Gasteiger partial charge in [-0.05, 0) is 40.4 Å². The summed E-state index contributed by atoms with van der Waals surface area (Å²) in [5.74, 6) is 0.520. The van der Waals surface area contributed by atoms with Gasteiger partial charge in [-0.15, -0.1) is 0 Å². The van der Waals surface area contributed by atoms with E-state index in [2.05, 4.69) is 67.6 Å². The first kappa shape index (κ1) is 18.3. The first-order valence-corrected chi connectivity index (χ1v) is 12.4. The van der Waals surface area contributed by atoms with Crippen LogP contribution in [0.15, 0.2) is 96.6 Å². The number of allylic oxidation sites excluding steroid dienone is 1. The van der Waals surface area contributed by atoms with E-state index in [0.29, 0.717) is 6.42 Å². The SMILES string of the molecule is CC1O[Si](c2ccccc2)(c2ccccc2)CC2CC(=O)C(c3ccccc3)=C21. The number of carbonyl (C=O) groups excluding carboxylic acids is 1. The fraction of sp³-hybridized carbons (Fsp3) is 0.192. The van der Waals surface area contributed by atoms with Crippen molar-refractivity contribution in [1.29, 1.82) is 0 Å². The number of fused-ring (bicyclic) bond motifs is 1. The quantitative estimate of drug-likeness (QED) is 0.620. The molecule has 1 aliphatic carbocycles. The molecular formula is C26H24O2Si. The minimum atomic E-state index is -2.43. The topological polar surface area (TPSA) is 26.3 Å². The van der Waals surface area contributed by atoms with Gasteiger partial charge < -0.3 is 4.43 Å². The number of carbonyl (C=O) groups is 1. The van der Waals surface area contributed by atoms with E-state index in [-0.39, 0.29) is 17.8 Å². The van der Waals surface area contributed by atoms with Gasteiger partial charge in [0.2, 0.25) is 0 Å². The van der Waals surface area contributed by atoms with Crippen LogP contribution in [0, 0.1) is 5.92 Å². The van der Waals surface area contributed by atoms with Gasteiger partial charge >= 0.3 is 0 Å². The minimum absolute atomic E-state index is 0.0671. The fourth-order valence-corrected chi connectivity index (χ4v) is 9.59. The van der Waals surface area contributed by atoms with E-state index in [1.165, 1.54) is 15.9 Å². The first-order chi connectivity index (χ1) is 14.2. The van der Waals surface area contributed by atoms with Crippen LogP contribution in [-0.2, 0) is 9.22 Å². The molecule has 0 N–H and O–H groups in total. The lowest BCUT2D eigenvalue weighted by Crippen LogP contribution is -2.65. The van der Waals surface area contributed by atoms with Crippen LogP contribution in [0.5, 0.6) is 0 Å². The largest absolute Gasteiger partial charge is 0.402 e. The van der Waals surface area contributed by atoms with Gasteiger partial charge in [0.05, 0.1) is 6.10 Å². The molecule has 0 saturated carbocycles. The van der Waals surface area contributed by atoms with Crippen molar-refractivity contribution in [2.75, 3.05) is 0 Å². The normalized spacial score (nSPS) is 23.1. The molecule has 0 spiro atoms. The number of hydrogen-bond acceptors (Lipinski definition) is 2. The second kappa shape index (κ2) is 7.25. The van der Waals surface area contributed by atoms with E-state index < -0.39 is 8.32 Å². The molecule has 1 aliphatic heterocycles. The van der Waals surface area contributed by atoms with E-state index in [0.717, 1.165) is 17.2 Å². The lowest BCUT2D eigenvalue weighted by atomic mass is 9.95. The molecule has 2 nitrogen and oxygen atoms in total. The van der Waals surface area contributed by atoms with Gasteiger partial charge in [-0.25, -0.2) is 0 Å². The summed E-state index contributed by atoms with van der Waals surface area (Å²) >= 11 is 0. The summed E-state index contributed by atoms with van der Waals surface area (Å²) in [5, 5.41) is 2.58. The van der Waals surface area contributed by atoms with E-state index >= 15 is 0 Å². The molecule has 144 valence electrons. The third-order valence-electron chi connectivity index (χ3n) is 6.33. The van der Waals surface area contributed by atoms with Gasteiger partial charge in [-0.1, -0.05) is 91.0 Å². The van der Waals surface area contributed by atoms with Crippen molar-refractivity contribution in [2.24, 2.45) is 5.92 Å². The van der Waals surface area contributed by atoms with Gasteiger partial charge in [0, 0.05) is 12.0 Å². The zero-order chi connectivity index (χ0) is 19.8. The number of hydrogen-bond donors (Lipinski definition) is 0. The molecule has 0 amide bonds. The van der Waals surface area contributed by atoms with Crippen molar-refractivity contribution in [3.63, 3.8) is 0 Å². The van der Waals surface area contributed by atoms with Crippen molar-refractivity contribution in [2.45, 2.75) is 25.5 Å². The van der Waals surface area contributed by atoms with Crippen LogP contribution in [-0.4, -0.2) is 20.2 Å². The third-order valence-corrected chi connectivity index (χ3v) is 10.7. The van der Waals surface area contributed by atoms with Crippen LogP contribution in [0.2, 0.25) is 6.04 Å². The predicted molar refractivity (Wildman–Crippen MR) is 120 cm³/mol. The maximum absolute atomic E-state index is 13.1. The highest BCUT2D eigenvalue weighted by molar-refractivity contribution is 6.97. The van der Waals surface area contributed by atoms with Crippen LogP contribution in [0.1, 0.15) is 18.9 Å². The van der Waals surface area contributed by atoms with Crippen LogP contribution in [0.3, 0.4) is 0 Å². The molecule has 0 aromatic heterocycles. The van der Waals surface area contributed by atoms with Crippen LogP contribution >= 0.6 is 0 Å². The average Bonchev–Trinajstić information content (AvgIpc) is 3.11. The highest BCUT2D eigenvalue weighted by atomic mass is 28.4. The Morgan fingerprint density at radius 1 is 0.793 bits per heavy atom. The van der Waals surface area contributed by atoms with Crippen LogP contribution < -0.4 is 10.4 Å². The Morgan fingerprint density at radius 3 is 1.86 bits per heavy atom. The number of Topliss-reactive ketones (excluding diaryl/α,β-unsaturated/α-hetero) is 1. The molecule has 3 aromatic carbocycles. The minimum Gasteiger partial charge on any atom is -0.402 e. The second-order valence-corrected chi connectivity index (χ2v) is 11.5. The highest BCUT2D eigenvalue weighted by Gasteiger charge is 2.51. The van der Waals surface area contributed by atoms with Gasteiger partial charge in [0.1, 0.15) is 0 Å². The van der Waals surface area contributed by atoms with Crippen molar-refractivity contribution >= 4 is 30.0 Å². The Labute approximate surface area is 173 Å². The van der Waals surface area contributed by atoms with Crippen molar-refractivity contribution in [3.05, 3.63) is 102 Å². The summed E-state index contributed by atoms with van der Waals surface area (Å²) in [6.07, 6.45) is 0.532. The Bertz CT molecular complexity index is 1020. The monoisotopic (exact) mass is 396 g/mol. The number of rotatable bonds is 3.